The molecule has 9 heteroatoms. The number of halogens is 1. The predicted molar refractivity (Wildman–Crippen MR) is 124 cm³/mol. The number of rotatable bonds is 5. The third-order valence-electron chi connectivity index (χ3n) is 5.17. The fraction of sp³-hybridized carbons (Fsp3) is 0.273. The predicted octanol–water partition coefficient (Wildman–Crippen LogP) is 4.00. The first-order valence-electron chi connectivity index (χ1n) is 10.0. The van der Waals surface area contributed by atoms with E-state index in [1.165, 1.54) is 9.87 Å². The van der Waals surface area contributed by atoms with Crippen LogP contribution in [0.25, 0.3) is 0 Å². The summed E-state index contributed by atoms with van der Waals surface area (Å²) in [5.74, 6) is 1.29. The summed E-state index contributed by atoms with van der Waals surface area (Å²) in [4.78, 5) is 11.4. The molecule has 1 saturated heterocycles. The smallest absolute Gasteiger partial charge is 0.244 e. The van der Waals surface area contributed by atoms with E-state index in [1.54, 1.807) is 24.3 Å². The van der Waals surface area contributed by atoms with E-state index in [-0.39, 0.29) is 9.92 Å². The molecule has 2 aromatic carbocycles. The second-order valence-electron chi connectivity index (χ2n) is 7.50. The molecule has 0 aliphatic carbocycles. The summed E-state index contributed by atoms with van der Waals surface area (Å²) in [6.07, 6.45) is 0. The van der Waals surface area contributed by atoms with Gasteiger partial charge in [0.1, 0.15) is 10.7 Å². The second-order valence-corrected chi connectivity index (χ2v) is 9.82. The van der Waals surface area contributed by atoms with E-state index in [0.717, 1.165) is 17.2 Å². The van der Waals surface area contributed by atoms with Crippen LogP contribution in [0.4, 0.5) is 17.5 Å². The lowest BCUT2D eigenvalue weighted by Gasteiger charge is -2.35. The van der Waals surface area contributed by atoms with Gasteiger partial charge in [0.15, 0.2) is 0 Å². The van der Waals surface area contributed by atoms with Gasteiger partial charge >= 0.3 is 0 Å². The highest BCUT2D eigenvalue weighted by molar-refractivity contribution is 7.89. The molecule has 4 rings (SSSR count). The van der Waals surface area contributed by atoms with Gasteiger partial charge in [0.05, 0.1) is 5.02 Å². The maximum Gasteiger partial charge on any atom is 0.244 e. The maximum atomic E-state index is 13.0. The minimum absolute atomic E-state index is 0.146. The van der Waals surface area contributed by atoms with E-state index in [0.29, 0.717) is 32.1 Å². The van der Waals surface area contributed by atoms with Gasteiger partial charge in [-0.05, 0) is 38.1 Å². The van der Waals surface area contributed by atoms with Crippen molar-refractivity contribution in [3.8, 4) is 0 Å². The highest BCUT2D eigenvalue weighted by atomic mass is 35.5. The molecule has 3 aromatic rings. The molecule has 31 heavy (non-hydrogen) atoms. The zero-order chi connectivity index (χ0) is 22.0. The SMILES string of the molecule is Cc1ccc(Nc2nc(C)cc(N3CCN(S(=O)(=O)c4ccccc4Cl)CC3)n2)cc1. The van der Waals surface area contributed by atoms with Crippen molar-refractivity contribution in [1.29, 1.82) is 0 Å². The highest BCUT2D eigenvalue weighted by Crippen LogP contribution is 2.26. The Morgan fingerprint density at radius 3 is 2.29 bits per heavy atom. The summed E-state index contributed by atoms with van der Waals surface area (Å²) in [7, 11) is -3.63. The van der Waals surface area contributed by atoms with Crippen molar-refractivity contribution in [2.75, 3.05) is 36.4 Å². The molecule has 162 valence electrons. The molecule has 0 radical (unpaired) electrons. The van der Waals surface area contributed by atoms with E-state index in [1.807, 2.05) is 44.2 Å². The van der Waals surface area contributed by atoms with Gasteiger partial charge in [-0.3, -0.25) is 0 Å². The molecule has 1 fully saturated rings. The Morgan fingerprint density at radius 2 is 1.61 bits per heavy atom. The van der Waals surface area contributed by atoms with E-state index in [9.17, 15) is 8.42 Å². The first-order chi connectivity index (χ1) is 14.8. The average Bonchev–Trinajstić information content (AvgIpc) is 2.75. The third-order valence-corrected chi connectivity index (χ3v) is 7.56. The Morgan fingerprint density at radius 1 is 0.935 bits per heavy atom. The lowest BCUT2D eigenvalue weighted by atomic mass is 10.2. The van der Waals surface area contributed by atoms with Crippen molar-refractivity contribution < 1.29 is 8.42 Å². The lowest BCUT2D eigenvalue weighted by Crippen LogP contribution is -2.49. The maximum absolute atomic E-state index is 13.0. The number of anilines is 3. The summed E-state index contributed by atoms with van der Waals surface area (Å²) in [6.45, 7) is 5.74. The van der Waals surface area contributed by atoms with Crippen LogP contribution in [0.15, 0.2) is 59.5 Å². The summed E-state index contributed by atoms with van der Waals surface area (Å²) >= 11 is 6.12. The largest absolute Gasteiger partial charge is 0.354 e. The minimum atomic E-state index is -3.63. The molecule has 0 bridgehead atoms. The molecular formula is C22H24ClN5O2S. The van der Waals surface area contributed by atoms with Crippen molar-refractivity contribution in [2.24, 2.45) is 0 Å². The normalized spacial score (nSPS) is 15.1. The number of nitrogens with zero attached hydrogens (tertiary/aromatic N) is 4. The zero-order valence-electron chi connectivity index (χ0n) is 17.4. The number of hydrogen-bond acceptors (Lipinski definition) is 6. The average molecular weight is 458 g/mol. The number of aryl methyl sites for hydroxylation is 2. The van der Waals surface area contributed by atoms with Crippen LogP contribution >= 0.6 is 11.6 Å². The second kappa shape index (κ2) is 8.82. The van der Waals surface area contributed by atoms with Crippen molar-refractivity contribution >= 4 is 39.1 Å². The topological polar surface area (TPSA) is 78.4 Å². The molecule has 0 spiro atoms. The van der Waals surface area contributed by atoms with Gasteiger partial charge in [-0.15, -0.1) is 0 Å². The van der Waals surface area contributed by atoms with Crippen molar-refractivity contribution in [3.05, 3.63) is 70.9 Å². The number of sulfonamides is 1. The summed E-state index contributed by atoms with van der Waals surface area (Å²) in [5.41, 5.74) is 2.93. The minimum Gasteiger partial charge on any atom is -0.354 e. The van der Waals surface area contributed by atoms with Crippen LogP contribution in [-0.2, 0) is 10.0 Å². The Labute approximate surface area is 187 Å². The fourth-order valence-corrected chi connectivity index (χ4v) is 5.40. The van der Waals surface area contributed by atoms with Gasteiger partial charge in [-0.25, -0.2) is 13.4 Å². The number of hydrogen-bond donors (Lipinski definition) is 1. The fourth-order valence-electron chi connectivity index (χ4n) is 3.49. The zero-order valence-corrected chi connectivity index (χ0v) is 19.0. The van der Waals surface area contributed by atoms with Crippen molar-refractivity contribution in [1.82, 2.24) is 14.3 Å². The summed E-state index contributed by atoms with van der Waals surface area (Å²) in [5, 5.41) is 3.48. The Bertz CT molecular complexity index is 1180. The molecule has 0 saturated carbocycles. The van der Waals surface area contributed by atoms with Crippen molar-refractivity contribution in [2.45, 2.75) is 18.7 Å². The van der Waals surface area contributed by atoms with Gasteiger partial charge in [-0.1, -0.05) is 41.4 Å². The number of piperazine rings is 1. The molecule has 0 unspecified atom stereocenters. The Hall–Kier alpha value is -2.68. The molecule has 2 heterocycles. The highest BCUT2D eigenvalue weighted by Gasteiger charge is 2.30. The Kier molecular flexibility index (Phi) is 6.13. The van der Waals surface area contributed by atoms with Crippen LogP contribution in [-0.4, -0.2) is 48.9 Å². The molecule has 0 amide bonds. The molecule has 0 atom stereocenters. The number of aromatic nitrogens is 2. The Balaban J connectivity index is 1.48. The third kappa shape index (κ3) is 4.81. The van der Waals surface area contributed by atoms with E-state index in [4.69, 9.17) is 11.6 Å². The lowest BCUT2D eigenvalue weighted by molar-refractivity contribution is 0.384. The van der Waals surface area contributed by atoms with Gasteiger partial charge < -0.3 is 10.2 Å². The van der Waals surface area contributed by atoms with E-state index < -0.39 is 10.0 Å². The molecule has 1 aliphatic rings. The van der Waals surface area contributed by atoms with Crippen molar-refractivity contribution in [3.63, 3.8) is 0 Å². The van der Waals surface area contributed by atoms with Crippen LogP contribution in [0.2, 0.25) is 5.02 Å². The van der Waals surface area contributed by atoms with E-state index in [2.05, 4.69) is 20.2 Å². The van der Waals surface area contributed by atoms with Crippen LogP contribution in [0.1, 0.15) is 11.3 Å². The standard InChI is InChI=1S/C22H24ClN5O2S/c1-16-7-9-18(10-8-16)25-22-24-17(2)15-21(26-22)27-11-13-28(14-12-27)31(29,30)20-6-4-3-5-19(20)23/h3-10,15H,11-14H2,1-2H3,(H,24,25,26). The molecule has 1 aromatic heterocycles. The number of benzene rings is 2. The first-order valence-corrected chi connectivity index (χ1v) is 11.8. The number of nitrogens with one attached hydrogen (secondary N) is 1. The van der Waals surface area contributed by atoms with Gasteiger partial charge in [0.25, 0.3) is 0 Å². The quantitative estimate of drug-likeness (QED) is 0.623. The molecular weight excluding hydrogens is 434 g/mol. The molecule has 7 nitrogen and oxygen atoms in total. The van der Waals surface area contributed by atoms with Crippen LogP contribution in [0, 0.1) is 13.8 Å². The van der Waals surface area contributed by atoms with E-state index >= 15 is 0 Å². The first kappa shape index (κ1) is 21.5. The van der Waals surface area contributed by atoms with Crippen LogP contribution < -0.4 is 10.2 Å². The monoisotopic (exact) mass is 457 g/mol. The summed E-state index contributed by atoms with van der Waals surface area (Å²) < 4.78 is 27.4. The summed E-state index contributed by atoms with van der Waals surface area (Å²) in [6, 6.07) is 16.5. The molecule has 1 N–H and O–H groups in total. The van der Waals surface area contributed by atoms with Crippen LogP contribution in [0.5, 0.6) is 0 Å². The van der Waals surface area contributed by atoms with Crippen LogP contribution in [0.3, 0.4) is 0 Å². The van der Waals surface area contributed by atoms with Gasteiger partial charge in [0.2, 0.25) is 16.0 Å². The van der Waals surface area contributed by atoms with Gasteiger partial charge in [0, 0.05) is 43.6 Å². The molecule has 1 aliphatic heterocycles. The van der Waals surface area contributed by atoms with Gasteiger partial charge in [-0.2, -0.15) is 9.29 Å².